The van der Waals surface area contributed by atoms with Crippen LogP contribution in [0.3, 0.4) is 0 Å². The first-order valence-electron chi connectivity index (χ1n) is 9.97. The molecule has 2 aromatic rings. The molecule has 4 heterocycles. The summed E-state index contributed by atoms with van der Waals surface area (Å²) in [7, 11) is 0. The zero-order valence-electron chi connectivity index (χ0n) is 15.8. The van der Waals surface area contributed by atoms with Gasteiger partial charge in [0, 0.05) is 44.6 Å². The Morgan fingerprint density at radius 3 is 2.62 bits per heavy atom. The molecule has 0 N–H and O–H groups in total. The zero-order valence-corrected chi connectivity index (χ0v) is 15.8. The molecule has 29 heavy (non-hydrogen) atoms. The highest BCUT2D eigenvalue weighted by Gasteiger charge is 2.38. The highest BCUT2D eigenvalue weighted by Crippen LogP contribution is 2.38. The molecule has 3 aliphatic rings. The van der Waals surface area contributed by atoms with Gasteiger partial charge in [0.1, 0.15) is 17.6 Å². The Bertz CT molecular complexity index is 871. The van der Waals surface area contributed by atoms with E-state index in [0.29, 0.717) is 30.7 Å². The van der Waals surface area contributed by atoms with Crippen molar-refractivity contribution in [3.8, 4) is 5.88 Å². The third kappa shape index (κ3) is 4.01. The minimum atomic E-state index is -4.43. The number of ether oxygens (including phenoxy) is 1. The number of aromatic nitrogens is 3. The van der Waals surface area contributed by atoms with Gasteiger partial charge in [-0.25, -0.2) is 9.97 Å². The van der Waals surface area contributed by atoms with Crippen LogP contribution in [0, 0.1) is 0 Å². The lowest BCUT2D eigenvalue weighted by atomic mass is 10.1. The van der Waals surface area contributed by atoms with Crippen molar-refractivity contribution in [1.82, 2.24) is 19.9 Å². The molecule has 0 radical (unpaired) electrons. The summed E-state index contributed by atoms with van der Waals surface area (Å²) >= 11 is 0. The fraction of sp³-hybridized carbons (Fsp3) is 0.550. The molecule has 0 unspecified atom stereocenters. The molecule has 6 nitrogen and oxygen atoms in total. The monoisotopic (exact) mass is 405 g/mol. The van der Waals surface area contributed by atoms with Crippen molar-refractivity contribution >= 4 is 5.82 Å². The van der Waals surface area contributed by atoms with E-state index in [1.807, 2.05) is 4.90 Å². The summed E-state index contributed by atoms with van der Waals surface area (Å²) in [5, 5.41) is 0. The Hall–Kier alpha value is -2.42. The van der Waals surface area contributed by atoms with Gasteiger partial charge >= 0.3 is 6.18 Å². The smallest absolute Gasteiger partial charge is 0.433 e. The molecule has 9 heteroatoms. The maximum Gasteiger partial charge on any atom is 0.433 e. The first-order chi connectivity index (χ1) is 14.0. The molecule has 3 fully saturated rings. The molecule has 1 saturated carbocycles. The molecule has 0 bridgehead atoms. The van der Waals surface area contributed by atoms with Crippen molar-refractivity contribution in [2.24, 2.45) is 0 Å². The van der Waals surface area contributed by atoms with E-state index in [2.05, 4.69) is 19.9 Å². The van der Waals surface area contributed by atoms with Crippen LogP contribution in [-0.4, -0.2) is 58.2 Å². The van der Waals surface area contributed by atoms with E-state index < -0.39 is 11.9 Å². The van der Waals surface area contributed by atoms with Crippen LogP contribution >= 0.6 is 0 Å². The first-order valence-corrected chi connectivity index (χ1v) is 9.97. The number of halogens is 3. The molecule has 2 atom stereocenters. The molecule has 2 aliphatic heterocycles. The number of piperazine rings is 1. The first kappa shape index (κ1) is 18.6. The summed E-state index contributed by atoms with van der Waals surface area (Å²) in [5.41, 5.74) is 0.184. The van der Waals surface area contributed by atoms with E-state index in [4.69, 9.17) is 4.74 Å². The van der Waals surface area contributed by atoms with Crippen LogP contribution in [0.2, 0.25) is 0 Å². The van der Waals surface area contributed by atoms with Gasteiger partial charge in [0.05, 0.1) is 18.1 Å². The second-order valence-corrected chi connectivity index (χ2v) is 8.00. The van der Waals surface area contributed by atoms with Gasteiger partial charge in [-0.3, -0.25) is 9.88 Å². The lowest BCUT2D eigenvalue weighted by Crippen LogP contribution is -2.50. The minimum absolute atomic E-state index is 0.00972. The average Bonchev–Trinajstić information content (AvgIpc) is 3.48. The number of anilines is 1. The summed E-state index contributed by atoms with van der Waals surface area (Å²) in [4.78, 5) is 16.9. The maximum atomic E-state index is 13.0. The van der Waals surface area contributed by atoms with E-state index in [0.717, 1.165) is 31.3 Å². The predicted octanol–water partition coefficient (Wildman–Crippen LogP) is 3.11. The molecule has 0 aromatic carbocycles. The number of pyridine rings is 1. The molecule has 0 amide bonds. The van der Waals surface area contributed by atoms with Crippen LogP contribution in [0.25, 0.3) is 0 Å². The molecule has 1 aliphatic carbocycles. The lowest BCUT2D eigenvalue weighted by Gasteiger charge is -2.37. The second kappa shape index (κ2) is 7.12. The third-order valence-corrected chi connectivity index (χ3v) is 5.86. The van der Waals surface area contributed by atoms with Crippen LogP contribution in [0.15, 0.2) is 30.6 Å². The molecule has 5 rings (SSSR count). The van der Waals surface area contributed by atoms with E-state index in [1.54, 1.807) is 18.5 Å². The third-order valence-electron chi connectivity index (χ3n) is 5.86. The lowest BCUT2D eigenvalue weighted by molar-refractivity contribution is -0.141. The minimum Gasteiger partial charge on any atom is -0.472 e. The van der Waals surface area contributed by atoms with Gasteiger partial charge in [0.15, 0.2) is 0 Å². The van der Waals surface area contributed by atoms with Crippen molar-refractivity contribution in [3.05, 3.63) is 42.0 Å². The van der Waals surface area contributed by atoms with Crippen LogP contribution in [0.4, 0.5) is 19.0 Å². The van der Waals surface area contributed by atoms with Gasteiger partial charge in [-0.05, 0) is 25.0 Å². The van der Waals surface area contributed by atoms with Crippen LogP contribution in [0.1, 0.15) is 36.6 Å². The predicted molar refractivity (Wildman–Crippen MR) is 99.9 cm³/mol. The van der Waals surface area contributed by atoms with E-state index in [1.165, 1.54) is 18.9 Å². The SMILES string of the molecule is FC(F)(F)c1cccc(N2CCN3C[C@H](Oc4cnc(C5CC5)cn4)C[C@H]3C2)n1. The quantitative estimate of drug-likeness (QED) is 0.779. The molecule has 154 valence electrons. The number of hydrogen-bond acceptors (Lipinski definition) is 6. The molecule has 2 aromatic heterocycles. The number of rotatable bonds is 4. The number of nitrogens with zero attached hydrogens (tertiary/aromatic N) is 5. The summed E-state index contributed by atoms with van der Waals surface area (Å²) in [5.74, 6) is 1.48. The molecular formula is C20H22F3N5O. The molecular weight excluding hydrogens is 383 g/mol. The van der Waals surface area contributed by atoms with Crippen LogP contribution in [-0.2, 0) is 6.18 Å². The van der Waals surface area contributed by atoms with E-state index >= 15 is 0 Å². The average molecular weight is 405 g/mol. The Labute approximate surface area is 166 Å². The topological polar surface area (TPSA) is 54.4 Å². The van der Waals surface area contributed by atoms with Gasteiger partial charge in [-0.1, -0.05) is 6.07 Å². The fourth-order valence-corrected chi connectivity index (χ4v) is 4.19. The van der Waals surface area contributed by atoms with Crippen molar-refractivity contribution in [1.29, 1.82) is 0 Å². The Morgan fingerprint density at radius 2 is 1.90 bits per heavy atom. The highest BCUT2D eigenvalue weighted by atomic mass is 19.4. The van der Waals surface area contributed by atoms with Gasteiger partial charge in [-0.15, -0.1) is 0 Å². The summed E-state index contributed by atoms with van der Waals surface area (Å²) in [6, 6.07) is 4.30. The van der Waals surface area contributed by atoms with Crippen molar-refractivity contribution in [2.45, 2.75) is 43.5 Å². The highest BCUT2D eigenvalue weighted by molar-refractivity contribution is 5.41. The number of fused-ring (bicyclic) bond motifs is 1. The van der Waals surface area contributed by atoms with Crippen molar-refractivity contribution in [3.63, 3.8) is 0 Å². The van der Waals surface area contributed by atoms with Crippen molar-refractivity contribution in [2.75, 3.05) is 31.1 Å². The zero-order chi connectivity index (χ0) is 20.0. The van der Waals surface area contributed by atoms with Crippen LogP contribution < -0.4 is 9.64 Å². The second-order valence-electron chi connectivity index (χ2n) is 8.00. The number of hydrogen-bond donors (Lipinski definition) is 0. The fourth-order valence-electron chi connectivity index (χ4n) is 4.19. The number of alkyl halides is 3. The van der Waals surface area contributed by atoms with E-state index in [9.17, 15) is 13.2 Å². The Balaban J connectivity index is 1.21. The van der Waals surface area contributed by atoms with Gasteiger partial charge in [0.2, 0.25) is 5.88 Å². The Morgan fingerprint density at radius 1 is 1.03 bits per heavy atom. The van der Waals surface area contributed by atoms with Crippen LogP contribution in [0.5, 0.6) is 5.88 Å². The standard InChI is InChI=1S/C20H22F3N5O/c21-20(22,23)17-2-1-3-18(26-17)28-7-6-27-12-15(8-14(27)11-28)29-19-10-24-16(9-25-19)13-4-5-13/h1-3,9-10,13-15H,4-8,11-12H2/t14-,15+/m0/s1. The van der Waals surface area contributed by atoms with Gasteiger partial charge in [0.25, 0.3) is 0 Å². The van der Waals surface area contributed by atoms with Crippen molar-refractivity contribution < 1.29 is 17.9 Å². The molecule has 0 spiro atoms. The largest absolute Gasteiger partial charge is 0.472 e. The summed E-state index contributed by atoms with van der Waals surface area (Å²) < 4.78 is 44.9. The summed E-state index contributed by atoms with van der Waals surface area (Å²) in [6.45, 7) is 2.85. The van der Waals surface area contributed by atoms with Gasteiger partial charge < -0.3 is 9.64 Å². The van der Waals surface area contributed by atoms with Gasteiger partial charge in [-0.2, -0.15) is 13.2 Å². The summed E-state index contributed by atoms with van der Waals surface area (Å²) in [6.07, 6.45) is 2.26. The Kier molecular flexibility index (Phi) is 4.57. The molecule has 2 saturated heterocycles. The normalized spacial score (nSPS) is 25.1. The maximum absolute atomic E-state index is 13.0. The van der Waals surface area contributed by atoms with E-state index in [-0.39, 0.29) is 12.1 Å².